The summed E-state index contributed by atoms with van der Waals surface area (Å²) in [6.45, 7) is 8.21. The predicted molar refractivity (Wildman–Crippen MR) is 117 cm³/mol. The van der Waals surface area contributed by atoms with Gasteiger partial charge in [0.05, 0.1) is 11.2 Å². The Kier molecular flexibility index (Phi) is 4.05. The largest absolute Gasteiger partial charge is 0.357 e. The maximum absolute atomic E-state index is 12.7. The number of rotatable bonds is 1. The van der Waals surface area contributed by atoms with Crippen LogP contribution in [0.4, 0.5) is 5.82 Å². The molecule has 5 heteroatoms. The Morgan fingerprint density at radius 3 is 2.52 bits per heavy atom. The summed E-state index contributed by atoms with van der Waals surface area (Å²) < 4.78 is 0. The average Bonchev–Trinajstić information content (AvgIpc) is 3.06. The fraction of sp³-hybridized carbons (Fsp3) is 0.458. The summed E-state index contributed by atoms with van der Waals surface area (Å²) >= 11 is 0. The molecule has 2 aliphatic rings. The van der Waals surface area contributed by atoms with Gasteiger partial charge in [-0.25, -0.2) is 9.97 Å². The van der Waals surface area contributed by atoms with E-state index in [1.807, 2.05) is 12.1 Å². The van der Waals surface area contributed by atoms with Crippen LogP contribution in [0.15, 0.2) is 41.2 Å². The molecule has 0 saturated carbocycles. The SMILES string of the molecule is CC(C)(C)c1nc2c(c(=O)[nH]1)CCC21CCN(c2ccc3ccccc3n2)CC1. The van der Waals surface area contributed by atoms with Crippen LogP contribution < -0.4 is 10.5 Å². The van der Waals surface area contributed by atoms with E-state index in [1.54, 1.807) is 0 Å². The van der Waals surface area contributed by atoms with Crippen molar-refractivity contribution < 1.29 is 0 Å². The van der Waals surface area contributed by atoms with Gasteiger partial charge in [-0.2, -0.15) is 0 Å². The molecule has 0 bridgehead atoms. The number of nitrogens with zero attached hydrogens (tertiary/aromatic N) is 3. The molecule has 2 aromatic heterocycles. The molecule has 1 aliphatic heterocycles. The van der Waals surface area contributed by atoms with Crippen molar-refractivity contribution in [2.75, 3.05) is 18.0 Å². The summed E-state index contributed by atoms with van der Waals surface area (Å²) in [5.41, 5.74) is 2.97. The van der Waals surface area contributed by atoms with E-state index in [2.05, 4.69) is 54.9 Å². The first-order valence-electron chi connectivity index (χ1n) is 10.6. The minimum atomic E-state index is -0.159. The van der Waals surface area contributed by atoms with E-state index < -0.39 is 0 Å². The van der Waals surface area contributed by atoms with Crippen molar-refractivity contribution >= 4 is 16.7 Å². The second-order valence-corrected chi connectivity index (χ2v) is 9.62. The minimum absolute atomic E-state index is 0.0386. The molecular weight excluding hydrogens is 360 g/mol. The molecule has 0 amide bonds. The van der Waals surface area contributed by atoms with Gasteiger partial charge in [-0.1, -0.05) is 39.0 Å². The number of hydrogen-bond acceptors (Lipinski definition) is 4. The van der Waals surface area contributed by atoms with Crippen molar-refractivity contribution in [1.29, 1.82) is 0 Å². The Hall–Kier alpha value is -2.69. The normalized spacial score (nSPS) is 18.4. The minimum Gasteiger partial charge on any atom is -0.357 e. The lowest BCUT2D eigenvalue weighted by molar-refractivity contribution is 0.320. The van der Waals surface area contributed by atoms with E-state index in [0.717, 1.165) is 67.2 Å². The molecule has 3 aromatic rings. The third-order valence-electron chi connectivity index (χ3n) is 6.71. The van der Waals surface area contributed by atoms with Crippen LogP contribution in [0.2, 0.25) is 0 Å². The third-order valence-corrected chi connectivity index (χ3v) is 6.71. The second kappa shape index (κ2) is 6.41. The monoisotopic (exact) mass is 388 g/mol. The van der Waals surface area contributed by atoms with Crippen LogP contribution >= 0.6 is 0 Å². The van der Waals surface area contributed by atoms with Crippen molar-refractivity contribution in [2.24, 2.45) is 0 Å². The number of pyridine rings is 1. The zero-order chi connectivity index (χ0) is 20.2. The van der Waals surface area contributed by atoms with Crippen LogP contribution in [0.1, 0.15) is 57.1 Å². The summed E-state index contributed by atoms with van der Waals surface area (Å²) in [4.78, 5) is 28.0. The molecule has 5 rings (SSSR count). The Morgan fingerprint density at radius 2 is 1.76 bits per heavy atom. The molecule has 150 valence electrons. The van der Waals surface area contributed by atoms with E-state index in [9.17, 15) is 4.79 Å². The molecule has 1 fully saturated rings. The Morgan fingerprint density at radius 1 is 1.00 bits per heavy atom. The van der Waals surface area contributed by atoms with E-state index in [4.69, 9.17) is 9.97 Å². The number of aromatic amines is 1. The van der Waals surface area contributed by atoms with Gasteiger partial charge in [0.25, 0.3) is 5.56 Å². The maximum atomic E-state index is 12.7. The van der Waals surface area contributed by atoms with Gasteiger partial charge in [0.15, 0.2) is 0 Å². The number of nitrogens with one attached hydrogen (secondary N) is 1. The van der Waals surface area contributed by atoms with Gasteiger partial charge in [0, 0.05) is 34.9 Å². The highest BCUT2D eigenvalue weighted by Gasteiger charge is 2.44. The number of fused-ring (bicyclic) bond motifs is 3. The first-order valence-corrected chi connectivity index (χ1v) is 10.6. The number of anilines is 1. The summed E-state index contributed by atoms with van der Waals surface area (Å²) in [6.07, 6.45) is 3.92. The third kappa shape index (κ3) is 3.04. The van der Waals surface area contributed by atoms with Crippen LogP contribution in [0.5, 0.6) is 0 Å². The summed E-state index contributed by atoms with van der Waals surface area (Å²) in [5.74, 6) is 1.85. The highest BCUT2D eigenvalue weighted by molar-refractivity contribution is 5.80. The van der Waals surface area contributed by atoms with Gasteiger partial charge >= 0.3 is 0 Å². The zero-order valence-corrected chi connectivity index (χ0v) is 17.5. The molecule has 0 unspecified atom stereocenters. The molecule has 1 aliphatic carbocycles. The van der Waals surface area contributed by atoms with Gasteiger partial charge in [0.2, 0.25) is 0 Å². The highest BCUT2D eigenvalue weighted by Crippen LogP contribution is 2.45. The number of aromatic nitrogens is 3. The molecule has 1 saturated heterocycles. The van der Waals surface area contributed by atoms with E-state index in [-0.39, 0.29) is 16.4 Å². The maximum Gasteiger partial charge on any atom is 0.254 e. The van der Waals surface area contributed by atoms with Crippen molar-refractivity contribution in [1.82, 2.24) is 15.0 Å². The van der Waals surface area contributed by atoms with E-state index in [1.165, 1.54) is 5.39 Å². The van der Waals surface area contributed by atoms with Gasteiger partial charge in [-0.3, -0.25) is 4.79 Å². The standard InChI is InChI=1S/C24H28N4O/c1-23(2,3)22-26-20-17(21(29)27-22)10-11-24(20)12-14-28(15-13-24)19-9-8-16-6-4-5-7-18(16)25-19/h4-9H,10-15H2,1-3H3,(H,26,27,29). The zero-order valence-electron chi connectivity index (χ0n) is 17.5. The number of para-hydroxylation sites is 1. The number of benzene rings is 1. The molecule has 1 aromatic carbocycles. The smallest absolute Gasteiger partial charge is 0.254 e. The lowest BCUT2D eigenvalue weighted by atomic mass is 9.76. The van der Waals surface area contributed by atoms with Crippen molar-refractivity contribution in [3.8, 4) is 0 Å². The molecule has 0 radical (unpaired) electrons. The van der Waals surface area contributed by atoms with Crippen molar-refractivity contribution in [3.63, 3.8) is 0 Å². The van der Waals surface area contributed by atoms with Gasteiger partial charge in [-0.05, 0) is 43.9 Å². The topological polar surface area (TPSA) is 61.9 Å². The van der Waals surface area contributed by atoms with Crippen LogP contribution in [-0.2, 0) is 17.3 Å². The molecule has 29 heavy (non-hydrogen) atoms. The number of hydrogen-bond donors (Lipinski definition) is 1. The Labute approximate surface area is 171 Å². The number of H-pyrrole nitrogens is 1. The van der Waals surface area contributed by atoms with Gasteiger partial charge in [-0.15, -0.1) is 0 Å². The Balaban J connectivity index is 1.43. The predicted octanol–water partition coefficient (Wildman–Crippen LogP) is 4.10. The molecule has 1 N–H and O–H groups in total. The summed E-state index contributed by atoms with van der Waals surface area (Å²) in [7, 11) is 0. The van der Waals surface area contributed by atoms with Crippen LogP contribution in [-0.4, -0.2) is 28.0 Å². The summed E-state index contributed by atoms with van der Waals surface area (Å²) in [6, 6.07) is 12.5. The van der Waals surface area contributed by atoms with Crippen molar-refractivity contribution in [2.45, 2.75) is 57.3 Å². The fourth-order valence-electron chi connectivity index (χ4n) is 4.89. The lowest BCUT2D eigenvalue weighted by Crippen LogP contribution is -2.43. The van der Waals surface area contributed by atoms with Crippen LogP contribution in [0, 0.1) is 0 Å². The van der Waals surface area contributed by atoms with E-state index >= 15 is 0 Å². The lowest BCUT2D eigenvalue weighted by Gasteiger charge is -2.40. The Bertz CT molecular complexity index is 1130. The van der Waals surface area contributed by atoms with Gasteiger partial charge < -0.3 is 9.88 Å². The molecular formula is C24H28N4O. The van der Waals surface area contributed by atoms with Gasteiger partial charge in [0.1, 0.15) is 11.6 Å². The first kappa shape index (κ1) is 18.3. The highest BCUT2D eigenvalue weighted by atomic mass is 16.1. The van der Waals surface area contributed by atoms with Crippen LogP contribution in [0.25, 0.3) is 10.9 Å². The molecule has 0 atom stereocenters. The second-order valence-electron chi connectivity index (χ2n) is 9.62. The quantitative estimate of drug-likeness (QED) is 0.682. The van der Waals surface area contributed by atoms with Crippen molar-refractivity contribution in [3.05, 3.63) is 63.8 Å². The van der Waals surface area contributed by atoms with Crippen LogP contribution in [0.3, 0.4) is 0 Å². The first-order chi connectivity index (χ1) is 13.9. The van der Waals surface area contributed by atoms with E-state index in [0.29, 0.717) is 0 Å². The number of piperidine rings is 1. The molecule has 1 spiro atoms. The fourth-order valence-corrected chi connectivity index (χ4v) is 4.89. The molecule has 5 nitrogen and oxygen atoms in total. The molecule has 3 heterocycles. The average molecular weight is 389 g/mol. The summed E-state index contributed by atoms with van der Waals surface area (Å²) in [5, 5.41) is 1.17.